The number of nitrogens with zero attached hydrogens (tertiary/aromatic N) is 1. The Hall–Kier alpha value is -1.16. The molecule has 0 spiro atoms. The van der Waals surface area contributed by atoms with Crippen LogP contribution in [0.5, 0.6) is 0 Å². The average Bonchev–Trinajstić information content (AvgIpc) is 2.29. The van der Waals surface area contributed by atoms with E-state index in [4.69, 9.17) is 5.73 Å². The Bertz CT molecular complexity index is 378. The van der Waals surface area contributed by atoms with Crippen molar-refractivity contribution in [2.24, 2.45) is 11.7 Å². The second-order valence-corrected chi connectivity index (χ2v) is 4.51. The summed E-state index contributed by atoms with van der Waals surface area (Å²) in [5.41, 5.74) is 5.87. The minimum absolute atomic E-state index is 0.0132. The fraction of sp³-hybridized carbons (Fsp3) is 0.538. The summed E-state index contributed by atoms with van der Waals surface area (Å²) >= 11 is 0. The third-order valence-electron chi connectivity index (χ3n) is 2.67. The minimum Gasteiger partial charge on any atom is -0.369 e. The van der Waals surface area contributed by atoms with Crippen LogP contribution in [-0.4, -0.2) is 13.1 Å². The zero-order chi connectivity index (χ0) is 13.0. The molecule has 1 aromatic rings. The van der Waals surface area contributed by atoms with E-state index in [9.17, 15) is 8.78 Å². The molecule has 0 aliphatic carbocycles. The van der Waals surface area contributed by atoms with Crippen LogP contribution < -0.4 is 10.6 Å². The van der Waals surface area contributed by atoms with E-state index in [-0.39, 0.29) is 12.1 Å². The lowest BCUT2D eigenvalue weighted by Gasteiger charge is -2.26. The number of hydrogen-bond donors (Lipinski definition) is 1. The van der Waals surface area contributed by atoms with Crippen LogP contribution in [0.25, 0.3) is 0 Å². The third-order valence-corrected chi connectivity index (χ3v) is 2.67. The van der Waals surface area contributed by atoms with Crippen LogP contribution in [0.15, 0.2) is 12.1 Å². The molecule has 4 heteroatoms. The molecule has 0 heterocycles. The summed E-state index contributed by atoms with van der Waals surface area (Å²) in [5.74, 6) is -1.23. The van der Waals surface area contributed by atoms with Gasteiger partial charge in [-0.2, -0.15) is 0 Å². The van der Waals surface area contributed by atoms with Gasteiger partial charge in [0.25, 0.3) is 0 Å². The third kappa shape index (κ3) is 3.16. The number of nitrogens with two attached hydrogens (primary N) is 1. The molecule has 0 saturated carbocycles. The van der Waals surface area contributed by atoms with Crippen molar-refractivity contribution in [3.8, 4) is 0 Å². The van der Waals surface area contributed by atoms with Gasteiger partial charge in [-0.1, -0.05) is 19.9 Å². The molecule has 0 aliphatic heterocycles. The number of anilines is 1. The summed E-state index contributed by atoms with van der Waals surface area (Å²) < 4.78 is 27.5. The number of halogens is 2. The highest BCUT2D eigenvalue weighted by molar-refractivity contribution is 5.49. The van der Waals surface area contributed by atoms with Crippen molar-refractivity contribution in [2.75, 3.05) is 18.0 Å². The highest BCUT2D eigenvalue weighted by Crippen LogP contribution is 2.24. The first kappa shape index (κ1) is 13.9. The first-order valence-electron chi connectivity index (χ1n) is 5.93. The zero-order valence-electron chi connectivity index (χ0n) is 10.6. The van der Waals surface area contributed by atoms with Gasteiger partial charge in [0, 0.05) is 25.2 Å². The lowest BCUT2D eigenvalue weighted by molar-refractivity contribution is 0.493. The van der Waals surface area contributed by atoms with Crippen LogP contribution in [0, 0.1) is 17.6 Å². The SMILES string of the molecule is CCN(CC(C)C)c1ccc(CN)c(F)c1F. The van der Waals surface area contributed by atoms with Crippen molar-refractivity contribution in [3.63, 3.8) is 0 Å². The van der Waals surface area contributed by atoms with E-state index in [0.29, 0.717) is 24.7 Å². The molecule has 0 unspecified atom stereocenters. The van der Waals surface area contributed by atoms with E-state index < -0.39 is 11.6 Å². The average molecular weight is 242 g/mol. The van der Waals surface area contributed by atoms with Gasteiger partial charge in [-0.15, -0.1) is 0 Å². The standard InChI is InChI=1S/C13H20F2N2/c1-4-17(8-9(2)3)11-6-5-10(7-16)12(14)13(11)15/h5-6,9H,4,7-8,16H2,1-3H3. The van der Waals surface area contributed by atoms with Crippen molar-refractivity contribution < 1.29 is 8.78 Å². The van der Waals surface area contributed by atoms with Gasteiger partial charge in [0.15, 0.2) is 11.6 Å². The fourth-order valence-corrected chi connectivity index (χ4v) is 1.82. The van der Waals surface area contributed by atoms with Crippen molar-refractivity contribution in [3.05, 3.63) is 29.3 Å². The number of hydrogen-bond acceptors (Lipinski definition) is 2. The van der Waals surface area contributed by atoms with E-state index in [1.165, 1.54) is 0 Å². The maximum absolute atomic E-state index is 13.9. The van der Waals surface area contributed by atoms with Gasteiger partial charge < -0.3 is 10.6 Å². The monoisotopic (exact) mass is 242 g/mol. The second kappa shape index (κ2) is 5.96. The molecule has 0 atom stereocenters. The fourth-order valence-electron chi connectivity index (χ4n) is 1.82. The van der Waals surface area contributed by atoms with Gasteiger partial charge in [0.1, 0.15) is 0 Å². The van der Waals surface area contributed by atoms with E-state index in [1.807, 2.05) is 25.7 Å². The van der Waals surface area contributed by atoms with Crippen LogP contribution in [0.3, 0.4) is 0 Å². The van der Waals surface area contributed by atoms with Gasteiger partial charge in [-0.3, -0.25) is 0 Å². The molecule has 0 fully saturated rings. The van der Waals surface area contributed by atoms with Crippen LogP contribution in [0.4, 0.5) is 14.5 Å². The molecule has 0 aromatic heterocycles. The summed E-state index contributed by atoms with van der Waals surface area (Å²) in [7, 11) is 0. The Kier molecular flexibility index (Phi) is 4.87. The van der Waals surface area contributed by atoms with Gasteiger partial charge in [0.2, 0.25) is 0 Å². The minimum atomic E-state index is -0.827. The summed E-state index contributed by atoms with van der Waals surface area (Å²) in [5, 5.41) is 0. The first-order valence-corrected chi connectivity index (χ1v) is 5.93. The molecule has 0 aliphatic rings. The topological polar surface area (TPSA) is 29.3 Å². The molecule has 0 radical (unpaired) electrons. The van der Waals surface area contributed by atoms with E-state index in [0.717, 1.165) is 0 Å². The summed E-state index contributed by atoms with van der Waals surface area (Å²) in [6, 6.07) is 3.16. The Balaban J connectivity index is 3.08. The van der Waals surface area contributed by atoms with Crippen LogP contribution >= 0.6 is 0 Å². The van der Waals surface area contributed by atoms with Crippen molar-refractivity contribution in [2.45, 2.75) is 27.3 Å². The maximum Gasteiger partial charge on any atom is 0.182 e. The maximum atomic E-state index is 13.9. The van der Waals surface area contributed by atoms with E-state index >= 15 is 0 Å². The largest absolute Gasteiger partial charge is 0.369 e. The van der Waals surface area contributed by atoms with Gasteiger partial charge in [0.05, 0.1) is 5.69 Å². The highest BCUT2D eigenvalue weighted by Gasteiger charge is 2.17. The van der Waals surface area contributed by atoms with E-state index in [1.54, 1.807) is 12.1 Å². The predicted molar refractivity (Wildman–Crippen MR) is 67.0 cm³/mol. The summed E-state index contributed by atoms with van der Waals surface area (Å²) in [6.45, 7) is 7.39. The summed E-state index contributed by atoms with van der Waals surface area (Å²) in [6.07, 6.45) is 0. The molecule has 1 rings (SSSR count). The van der Waals surface area contributed by atoms with Gasteiger partial charge in [-0.05, 0) is 18.9 Å². The first-order chi connectivity index (χ1) is 8.01. The Morgan fingerprint density at radius 3 is 2.35 bits per heavy atom. The van der Waals surface area contributed by atoms with E-state index in [2.05, 4.69) is 0 Å². The molecule has 0 bridgehead atoms. The highest BCUT2D eigenvalue weighted by atomic mass is 19.2. The molecule has 1 aromatic carbocycles. The molecule has 17 heavy (non-hydrogen) atoms. The van der Waals surface area contributed by atoms with Crippen molar-refractivity contribution in [1.82, 2.24) is 0 Å². The second-order valence-electron chi connectivity index (χ2n) is 4.51. The zero-order valence-corrected chi connectivity index (χ0v) is 10.6. The lowest BCUT2D eigenvalue weighted by Crippen LogP contribution is -2.28. The molecule has 2 nitrogen and oxygen atoms in total. The van der Waals surface area contributed by atoms with Gasteiger partial charge >= 0.3 is 0 Å². The molecular weight excluding hydrogens is 222 g/mol. The molecule has 2 N–H and O–H groups in total. The van der Waals surface area contributed by atoms with Crippen molar-refractivity contribution >= 4 is 5.69 Å². The number of benzene rings is 1. The summed E-state index contributed by atoms with van der Waals surface area (Å²) in [4.78, 5) is 1.84. The van der Waals surface area contributed by atoms with Crippen LogP contribution in [-0.2, 0) is 6.54 Å². The smallest absolute Gasteiger partial charge is 0.182 e. The number of rotatable bonds is 5. The molecular formula is C13H20F2N2. The molecule has 0 saturated heterocycles. The molecule has 0 amide bonds. The van der Waals surface area contributed by atoms with Crippen LogP contribution in [0.1, 0.15) is 26.3 Å². The Morgan fingerprint density at radius 1 is 1.24 bits per heavy atom. The quantitative estimate of drug-likeness (QED) is 0.860. The van der Waals surface area contributed by atoms with Gasteiger partial charge in [-0.25, -0.2) is 8.78 Å². The predicted octanol–water partition coefficient (Wildman–Crippen LogP) is 2.91. The van der Waals surface area contributed by atoms with Crippen LogP contribution in [0.2, 0.25) is 0 Å². The Labute approximate surface area is 101 Å². The normalized spacial score (nSPS) is 11.0. The lowest BCUT2D eigenvalue weighted by atomic mass is 10.1. The Morgan fingerprint density at radius 2 is 1.88 bits per heavy atom. The van der Waals surface area contributed by atoms with Crippen molar-refractivity contribution in [1.29, 1.82) is 0 Å². The molecule has 96 valence electrons.